The number of carbonyl (C=O) groups excluding carboxylic acids is 1. The van der Waals surface area contributed by atoms with E-state index >= 15 is 0 Å². The Balaban J connectivity index is 1.84. The molecule has 3 rings (SSSR count). The fourth-order valence-corrected chi connectivity index (χ4v) is 4.26. The molecule has 0 bridgehead atoms. The van der Waals surface area contributed by atoms with Gasteiger partial charge in [0.2, 0.25) is 0 Å². The zero-order valence-corrected chi connectivity index (χ0v) is 16.3. The van der Waals surface area contributed by atoms with Crippen molar-refractivity contribution >= 4 is 15.7 Å². The third-order valence-corrected chi connectivity index (χ3v) is 5.61. The van der Waals surface area contributed by atoms with Gasteiger partial charge >= 0.3 is 6.18 Å². The maximum atomic E-state index is 12.8. The van der Waals surface area contributed by atoms with Gasteiger partial charge in [-0.2, -0.15) is 13.2 Å². The molecule has 10 heteroatoms. The molecule has 1 aliphatic rings. The van der Waals surface area contributed by atoms with E-state index in [0.717, 1.165) is 17.9 Å². The lowest BCUT2D eigenvalue weighted by Crippen LogP contribution is -2.35. The minimum Gasteiger partial charge on any atom is -0.331 e. The van der Waals surface area contributed by atoms with Crippen LogP contribution in [-0.2, 0) is 21.8 Å². The minimum atomic E-state index is -4.70. The van der Waals surface area contributed by atoms with E-state index in [-0.39, 0.29) is 17.4 Å². The summed E-state index contributed by atoms with van der Waals surface area (Å²) in [6, 6.07) is 8.04. The molecule has 0 unspecified atom stereocenters. The maximum absolute atomic E-state index is 12.8. The standard InChI is InChI=1S/C19H19F3N2O4S/c1-29(27,28)11-12-4-6-13(7-5-12)15-3-2-10-24(15)18(26)14-8-9-16(19(20,21)22)23-17(14)25/h4-9,15H,2-3,10-11H2,1H3,(H,23,25)/t15-/m1/s1. The van der Waals surface area contributed by atoms with E-state index < -0.39 is 33.2 Å². The Labute approximate surface area is 165 Å². The highest BCUT2D eigenvalue weighted by molar-refractivity contribution is 7.89. The third kappa shape index (κ3) is 4.87. The van der Waals surface area contributed by atoms with E-state index in [4.69, 9.17) is 0 Å². The molecule has 29 heavy (non-hydrogen) atoms. The number of aromatic nitrogens is 1. The zero-order valence-electron chi connectivity index (χ0n) is 15.5. The predicted molar refractivity (Wildman–Crippen MR) is 100 cm³/mol. The van der Waals surface area contributed by atoms with Gasteiger partial charge in [0.1, 0.15) is 11.3 Å². The quantitative estimate of drug-likeness (QED) is 0.811. The number of pyridine rings is 1. The summed E-state index contributed by atoms with van der Waals surface area (Å²) in [6.07, 6.45) is -2.25. The predicted octanol–water partition coefficient (Wildman–Crippen LogP) is 2.92. The van der Waals surface area contributed by atoms with Gasteiger partial charge in [0.15, 0.2) is 9.84 Å². The van der Waals surface area contributed by atoms with Crippen LogP contribution in [0.1, 0.15) is 46.1 Å². The number of halogens is 3. The van der Waals surface area contributed by atoms with E-state index in [9.17, 15) is 31.2 Å². The Morgan fingerprint density at radius 3 is 2.38 bits per heavy atom. The number of alkyl halides is 3. The van der Waals surface area contributed by atoms with Gasteiger partial charge in [0.25, 0.3) is 11.5 Å². The van der Waals surface area contributed by atoms with Crippen LogP contribution in [0.25, 0.3) is 0 Å². The first-order valence-electron chi connectivity index (χ1n) is 8.84. The van der Waals surface area contributed by atoms with Gasteiger partial charge in [-0.25, -0.2) is 8.42 Å². The van der Waals surface area contributed by atoms with Crippen LogP contribution in [0.5, 0.6) is 0 Å². The summed E-state index contributed by atoms with van der Waals surface area (Å²) in [5, 5.41) is 0. The second kappa shape index (κ2) is 7.66. The molecule has 0 aliphatic carbocycles. The smallest absolute Gasteiger partial charge is 0.331 e. The molecule has 156 valence electrons. The summed E-state index contributed by atoms with van der Waals surface area (Å²) < 4.78 is 61.0. The normalized spacial score (nSPS) is 17.5. The van der Waals surface area contributed by atoms with Crippen molar-refractivity contribution in [2.45, 2.75) is 30.8 Å². The number of hydrogen-bond donors (Lipinski definition) is 1. The molecule has 1 aliphatic heterocycles. The molecule has 1 fully saturated rings. The highest BCUT2D eigenvalue weighted by atomic mass is 32.2. The lowest BCUT2D eigenvalue weighted by molar-refractivity contribution is -0.141. The van der Waals surface area contributed by atoms with Crippen molar-refractivity contribution in [3.8, 4) is 0 Å². The monoisotopic (exact) mass is 428 g/mol. The minimum absolute atomic E-state index is 0.0957. The van der Waals surface area contributed by atoms with E-state index in [0.29, 0.717) is 31.0 Å². The first-order chi connectivity index (χ1) is 13.5. The van der Waals surface area contributed by atoms with Gasteiger partial charge in [-0.05, 0) is 36.1 Å². The van der Waals surface area contributed by atoms with Crippen LogP contribution in [-0.4, -0.2) is 37.0 Å². The van der Waals surface area contributed by atoms with Crippen LogP contribution >= 0.6 is 0 Å². The number of nitrogens with one attached hydrogen (secondary N) is 1. The summed E-state index contributed by atoms with van der Waals surface area (Å²) in [7, 11) is -3.17. The number of carbonyl (C=O) groups is 1. The van der Waals surface area contributed by atoms with Crippen molar-refractivity contribution in [1.29, 1.82) is 0 Å². The molecule has 1 N–H and O–H groups in total. The topological polar surface area (TPSA) is 87.3 Å². The van der Waals surface area contributed by atoms with Gasteiger partial charge in [-0.15, -0.1) is 0 Å². The number of amides is 1. The Morgan fingerprint density at radius 1 is 1.17 bits per heavy atom. The van der Waals surface area contributed by atoms with Crippen LogP contribution in [0.4, 0.5) is 13.2 Å². The summed E-state index contributed by atoms with van der Waals surface area (Å²) in [4.78, 5) is 28.0. The molecule has 2 aromatic rings. The zero-order chi connectivity index (χ0) is 21.4. The molecule has 1 aromatic heterocycles. The number of nitrogens with zero attached hydrogens (tertiary/aromatic N) is 1. The van der Waals surface area contributed by atoms with Gasteiger partial charge in [0.05, 0.1) is 11.8 Å². The molecule has 2 heterocycles. The number of aromatic amines is 1. The molecule has 0 spiro atoms. The first kappa shape index (κ1) is 21.1. The van der Waals surface area contributed by atoms with Crippen LogP contribution < -0.4 is 5.56 Å². The molecule has 6 nitrogen and oxygen atoms in total. The molecule has 0 radical (unpaired) electrons. The summed E-state index contributed by atoms with van der Waals surface area (Å²) in [5.41, 5.74) is -1.25. The largest absolute Gasteiger partial charge is 0.431 e. The second-order valence-electron chi connectivity index (χ2n) is 7.08. The van der Waals surface area contributed by atoms with Gasteiger partial charge in [-0.3, -0.25) is 9.59 Å². The average molecular weight is 428 g/mol. The van der Waals surface area contributed by atoms with E-state index in [2.05, 4.69) is 0 Å². The SMILES string of the molecule is CS(=O)(=O)Cc1ccc([C@H]2CCCN2C(=O)c2ccc(C(F)(F)F)[nH]c2=O)cc1. The highest BCUT2D eigenvalue weighted by Gasteiger charge is 2.35. The van der Waals surface area contributed by atoms with Crippen molar-refractivity contribution in [3.63, 3.8) is 0 Å². The van der Waals surface area contributed by atoms with E-state index in [1.165, 1.54) is 4.90 Å². The van der Waals surface area contributed by atoms with Gasteiger partial charge in [0, 0.05) is 12.8 Å². The first-order valence-corrected chi connectivity index (χ1v) is 10.9. The summed E-state index contributed by atoms with van der Waals surface area (Å²) in [6.45, 7) is 0.370. The van der Waals surface area contributed by atoms with Crippen LogP contribution in [0.3, 0.4) is 0 Å². The number of hydrogen-bond acceptors (Lipinski definition) is 4. The summed E-state index contributed by atoms with van der Waals surface area (Å²) in [5.74, 6) is -0.732. The highest BCUT2D eigenvalue weighted by Crippen LogP contribution is 2.33. The second-order valence-corrected chi connectivity index (χ2v) is 9.22. The fourth-order valence-electron chi connectivity index (χ4n) is 3.46. The van der Waals surface area contributed by atoms with Crippen molar-refractivity contribution in [3.05, 3.63) is 69.1 Å². The van der Waals surface area contributed by atoms with Crippen molar-refractivity contribution in [2.24, 2.45) is 0 Å². The molecular formula is C19H19F3N2O4S. The Bertz CT molecular complexity index is 1080. The number of sulfone groups is 1. The molecule has 1 amide bonds. The van der Waals surface area contributed by atoms with Crippen LogP contribution in [0.2, 0.25) is 0 Å². The molecule has 1 atom stereocenters. The fraction of sp³-hybridized carbons (Fsp3) is 0.368. The lowest BCUT2D eigenvalue weighted by Gasteiger charge is -2.25. The average Bonchev–Trinajstić information content (AvgIpc) is 3.09. The van der Waals surface area contributed by atoms with Crippen molar-refractivity contribution < 1.29 is 26.4 Å². The van der Waals surface area contributed by atoms with Crippen molar-refractivity contribution in [1.82, 2.24) is 9.88 Å². The number of likely N-dealkylation sites (tertiary alicyclic amines) is 1. The molecule has 0 saturated carbocycles. The van der Waals surface area contributed by atoms with E-state index in [1.54, 1.807) is 29.2 Å². The summed E-state index contributed by atoms with van der Waals surface area (Å²) >= 11 is 0. The van der Waals surface area contributed by atoms with Crippen LogP contribution in [0, 0.1) is 0 Å². The number of rotatable bonds is 4. The van der Waals surface area contributed by atoms with Crippen LogP contribution in [0.15, 0.2) is 41.2 Å². The Kier molecular flexibility index (Phi) is 5.57. The van der Waals surface area contributed by atoms with E-state index in [1.807, 2.05) is 0 Å². The molecule has 1 aromatic carbocycles. The lowest BCUT2D eigenvalue weighted by atomic mass is 10.0. The van der Waals surface area contributed by atoms with Gasteiger partial charge in [-0.1, -0.05) is 24.3 Å². The van der Waals surface area contributed by atoms with Crippen molar-refractivity contribution in [2.75, 3.05) is 12.8 Å². The van der Waals surface area contributed by atoms with Gasteiger partial charge < -0.3 is 9.88 Å². The molecule has 1 saturated heterocycles. The third-order valence-electron chi connectivity index (χ3n) is 4.75. The molecular weight excluding hydrogens is 409 g/mol. The maximum Gasteiger partial charge on any atom is 0.431 e. The number of benzene rings is 1. The Hall–Kier alpha value is -2.62. The number of H-pyrrole nitrogens is 1. The Morgan fingerprint density at radius 2 is 1.83 bits per heavy atom.